The minimum absolute atomic E-state index is 0.162. The minimum Gasteiger partial charge on any atom is -0.395 e. The Morgan fingerprint density at radius 2 is 2.25 bits per heavy atom. The summed E-state index contributed by atoms with van der Waals surface area (Å²) in [7, 11) is 0. The van der Waals surface area contributed by atoms with E-state index in [4.69, 9.17) is 5.73 Å². The fourth-order valence-electron chi connectivity index (χ4n) is 1.78. The number of nitrogens with one attached hydrogen (secondary N) is 2. The van der Waals surface area contributed by atoms with Crippen LogP contribution in [0.3, 0.4) is 0 Å². The van der Waals surface area contributed by atoms with E-state index in [9.17, 15) is 4.79 Å². The molecule has 88 valence electrons. The lowest BCUT2D eigenvalue weighted by molar-refractivity contribution is 0.0913. The van der Waals surface area contributed by atoms with Gasteiger partial charge in [0.05, 0.1) is 11.4 Å². The number of hydrogen-bond acceptors (Lipinski definition) is 3. The molecule has 0 spiro atoms. The van der Waals surface area contributed by atoms with Crippen LogP contribution in [0.4, 0.5) is 5.69 Å². The van der Waals surface area contributed by atoms with Crippen LogP contribution in [0.25, 0.3) is 0 Å². The zero-order chi connectivity index (χ0) is 11.7. The highest BCUT2D eigenvalue weighted by atomic mass is 16.2. The number of carbonyl (C=O) groups excluding carboxylic acids is 1. The first-order valence-corrected chi connectivity index (χ1v) is 5.74. The number of H-pyrrole nitrogens is 1. The van der Waals surface area contributed by atoms with Gasteiger partial charge in [0.25, 0.3) is 5.91 Å². The van der Waals surface area contributed by atoms with Gasteiger partial charge in [0.2, 0.25) is 0 Å². The Bertz CT molecular complexity index is 393. The number of nitrogens with zero attached hydrogens (tertiary/aromatic N) is 1. The van der Waals surface area contributed by atoms with Gasteiger partial charge in [0.1, 0.15) is 0 Å². The second kappa shape index (κ2) is 4.15. The Morgan fingerprint density at radius 1 is 1.56 bits per heavy atom. The van der Waals surface area contributed by atoms with E-state index in [0.29, 0.717) is 17.4 Å². The van der Waals surface area contributed by atoms with Crippen LogP contribution in [-0.2, 0) is 0 Å². The third-order valence-electron chi connectivity index (χ3n) is 3.07. The molecule has 0 radical (unpaired) electrons. The van der Waals surface area contributed by atoms with Crippen LogP contribution in [0.1, 0.15) is 55.2 Å². The van der Waals surface area contributed by atoms with Gasteiger partial charge in [0, 0.05) is 6.04 Å². The second-order valence-corrected chi connectivity index (χ2v) is 4.66. The second-order valence-electron chi connectivity index (χ2n) is 4.66. The molecule has 0 atom stereocenters. The largest absolute Gasteiger partial charge is 0.395 e. The summed E-state index contributed by atoms with van der Waals surface area (Å²) in [5, 5.41) is 9.74. The number of anilines is 1. The van der Waals surface area contributed by atoms with E-state index in [1.54, 1.807) is 0 Å². The zero-order valence-corrected chi connectivity index (χ0v) is 9.71. The van der Waals surface area contributed by atoms with E-state index in [0.717, 1.165) is 18.5 Å². The fourth-order valence-corrected chi connectivity index (χ4v) is 1.78. The van der Waals surface area contributed by atoms with Gasteiger partial charge in [-0.05, 0) is 25.2 Å². The summed E-state index contributed by atoms with van der Waals surface area (Å²) in [5.74, 6) is 0.0862. The van der Waals surface area contributed by atoms with Crippen LogP contribution in [0.15, 0.2) is 0 Å². The summed E-state index contributed by atoms with van der Waals surface area (Å²) in [6.07, 6.45) is 3.32. The van der Waals surface area contributed by atoms with Crippen molar-refractivity contribution in [2.45, 2.75) is 45.1 Å². The van der Waals surface area contributed by atoms with E-state index in [1.807, 2.05) is 13.8 Å². The molecule has 4 N–H and O–H groups in total. The van der Waals surface area contributed by atoms with Crippen molar-refractivity contribution in [1.29, 1.82) is 0 Å². The lowest BCUT2D eigenvalue weighted by atomic mass is 9.93. The molecule has 0 aromatic carbocycles. The molecule has 16 heavy (non-hydrogen) atoms. The van der Waals surface area contributed by atoms with Crippen LogP contribution >= 0.6 is 0 Å². The molecule has 1 aromatic rings. The maximum absolute atomic E-state index is 11.8. The van der Waals surface area contributed by atoms with Gasteiger partial charge in [0.15, 0.2) is 5.69 Å². The minimum atomic E-state index is -0.162. The molecule has 5 heteroatoms. The SMILES string of the molecule is CC(C)c1[nH]nc(C(=O)NC2CCC2)c1N. The van der Waals surface area contributed by atoms with Crippen molar-refractivity contribution in [2.75, 3.05) is 5.73 Å². The highest BCUT2D eigenvalue weighted by Crippen LogP contribution is 2.23. The van der Waals surface area contributed by atoms with Crippen molar-refractivity contribution < 1.29 is 4.79 Å². The number of nitrogen functional groups attached to an aromatic ring is 1. The van der Waals surface area contributed by atoms with E-state index in [2.05, 4.69) is 15.5 Å². The van der Waals surface area contributed by atoms with E-state index < -0.39 is 0 Å². The Hall–Kier alpha value is -1.52. The monoisotopic (exact) mass is 222 g/mol. The quantitative estimate of drug-likeness (QED) is 0.722. The number of aromatic nitrogens is 2. The topological polar surface area (TPSA) is 83.8 Å². The maximum atomic E-state index is 11.8. The summed E-state index contributed by atoms with van der Waals surface area (Å²) in [5.41, 5.74) is 7.53. The predicted molar refractivity (Wildman–Crippen MR) is 62.2 cm³/mol. The van der Waals surface area contributed by atoms with Crippen molar-refractivity contribution in [2.24, 2.45) is 0 Å². The van der Waals surface area contributed by atoms with Gasteiger partial charge in [-0.3, -0.25) is 9.89 Å². The molecule has 1 aromatic heterocycles. The number of nitrogens with two attached hydrogens (primary N) is 1. The lowest BCUT2D eigenvalue weighted by Gasteiger charge is -2.25. The smallest absolute Gasteiger partial charge is 0.274 e. The maximum Gasteiger partial charge on any atom is 0.274 e. The Balaban J connectivity index is 2.10. The first-order valence-electron chi connectivity index (χ1n) is 5.74. The summed E-state index contributed by atoms with van der Waals surface area (Å²) >= 11 is 0. The standard InChI is InChI=1S/C11H18N4O/c1-6(2)9-8(12)10(15-14-9)11(16)13-7-4-3-5-7/h6-7H,3-5,12H2,1-2H3,(H,13,16)(H,14,15). The fraction of sp³-hybridized carbons (Fsp3) is 0.636. The predicted octanol–water partition coefficient (Wildman–Crippen LogP) is 1.40. The Morgan fingerprint density at radius 3 is 2.69 bits per heavy atom. The van der Waals surface area contributed by atoms with Crippen LogP contribution in [0, 0.1) is 0 Å². The molecule has 0 aliphatic heterocycles. The van der Waals surface area contributed by atoms with Gasteiger partial charge in [-0.15, -0.1) is 0 Å². The molecule has 0 bridgehead atoms. The van der Waals surface area contributed by atoms with Crippen molar-refractivity contribution in [3.63, 3.8) is 0 Å². The molecule has 1 amide bonds. The normalized spacial score (nSPS) is 16.2. The van der Waals surface area contributed by atoms with Gasteiger partial charge in [-0.2, -0.15) is 5.10 Å². The zero-order valence-electron chi connectivity index (χ0n) is 9.71. The molecular weight excluding hydrogens is 204 g/mol. The molecule has 0 unspecified atom stereocenters. The number of hydrogen-bond donors (Lipinski definition) is 3. The Kier molecular flexibility index (Phi) is 2.85. The molecule has 1 heterocycles. The van der Waals surface area contributed by atoms with E-state index in [-0.39, 0.29) is 11.8 Å². The average Bonchev–Trinajstić information content (AvgIpc) is 2.53. The van der Waals surface area contributed by atoms with Crippen LogP contribution < -0.4 is 11.1 Å². The van der Waals surface area contributed by atoms with Crippen molar-refractivity contribution >= 4 is 11.6 Å². The highest BCUT2D eigenvalue weighted by Gasteiger charge is 2.24. The number of carbonyl (C=O) groups is 1. The summed E-state index contributed by atoms with van der Waals surface area (Å²) in [6, 6.07) is 0.311. The summed E-state index contributed by atoms with van der Waals surface area (Å²) in [4.78, 5) is 11.8. The third kappa shape index (κ3) is 1.89. The molecule has 5 nitrogen and oxygen atoms in total. The summed E-state index contributed by atoms with van der Waals surface area (Å²) in [6.45, 7) is 4.02. The number of aromatic amines is 1. The highest BCUT2D eigenvalue weighted by molar-refractivity contribution is 5.97. The number of amides is 1. The first kappa shape index (κ1) is 11.0. The van der Waals surface area contributed by atoms with Crippen molar-refractivity contribution in [3.05, 3.63) is 11.4 Å². The average molecular weight is 222 g/mol. The van der Waals surface area contributed by atoms with E-state index >= 15 is 0 Å². The van der Waals surface area contributed by atoms with Gasteiger partial charge >= 0.3 is 0 Å². The molecule has 1 saturated carbocycles. The van der Waals surface area contributed by atoms with Crippen LogP contribution in [0.2, 0.25) is 0 Å². The van der Waals surface area contributed by atoms with Gasteiger partial charge in [-0.1, -0.05) is 13.8 Å². The first-order chi connectivity index (χ1) is 7.59. The van der Waals surface area contributed by atoms with Crippen molar-refractivity contribution in [1.82, 2.24) is 15.5 Å². The molecule has 2 rings (SSSR count). The summed E-state index contributed by atoms with van der Waals surface area (Å²) < 4.78 is 0. The molecule has 1 aliphatic rings. The lowest BCUT2D eigenvalue weighted by Crippen LogP contribution is -2.39. The third-order valence-corrected chi connectivity index (χ3v) is 3.07. The van der Waals surface area contributed by atoms with Gasteiger partial charge < -0.3 is 11.1 Å². The Labute approximate surface area is 94.8 Å². The van der Waals surface area contributed by atoms with Crippen LogP contribution in [0.5, 0.6) is 0 Å². The molecule has 0 saturated heterocycles. The van der Waals surface area contributed by atoms with Gasteiger partial charge in [-0.25, -0.2) is 0 Å². The molecule has 1 fully saturated rings. The van der Waals surface area contributed by atoms with Crippen LogP contribution in [-0.4, -0.2) is 22.1 Å². The molecular formula is C11H18N4O. The van der Waals surface area contributed by atoms with E-state index in [1.165, 1.54) is 6.42 Å². The molecule has 1 aliphatic carbocycles. The number of rotatable bonds is 3. The van der Waals surface area contributed by atoms with Crippen molar-refractivity contribution in [3.8, 4) is 0 Å².